The van der Waals surface area contributed by atoms with E-state index in [-0.39, 0.29) is 0 Å². The Hall–Kier alpha value is -0.980. The fraction of sp³-hybridized carbons (Fsp3) is 0.455. The number of aliphatic hydroxyl groups excluding tert-OH is 1. The largest absolute Gasteiger partial charge is 0.396 e. The Morgan fingerprint density at radius 2 is 1.89 bits per heavy atom. The molecule has 5 heteroatoms. The molecule has 2 aromatic carbocycles. The molecular weight excluding hydrogens is 372 g/mol. The minimum absolute atomic E-state index is 0.293. The number of thioether (sulfide) groups is 1. The van der Waals surface area contributed by atoms with Gasteiger partial charge in [0.05, 0.1) is 0 Å². The van der Waals surface area contributed by atoms with Crippen LogP contribution < -0.4 is 0 Å². The van der Waals surface area contributed by atoms with E-state index in [4.69, 9.17) is 5.11 Å². The Bertz CT molecular complexity index is 775. The summed E-state index contributed by atoms with van der Waals surface area (Å²) in [7, 11) is 0. The topological polar surface area (TPSA) is 26.7 Å². The molecule has 0 spiro atoms. The second kappa shape index (κ2) is 9.01. The second-order valence-electron chi connectivity index (χ2n) is 7.29. The number of hydrogen-bond acceptors (Lipinski definition) is 5. The van der Waals surface area contributed by atoms with Crippen LogP contribution in [0.2, 0.25) is 0 Å². The highest BCUT2D eigenvalue weighted by Crippen LogP contribution is 2.44. The van der Waals surface area contributed by atoms with Crippen LogP contribution in [0.5, 0.6) is 0 Å². The van der Waals surface area contributed by atoms with Gasteiger partial charge in [-0.1, -0.05) is 30.0 Å². The van der Waals surface area contributed by atoms with Crippen LogP contribution in [0, 0.1) is 0 Å². The van der Waals surface area contributed by atoms with Crippen molar-refractivity contribution in [2.24, 2.45) is 0 Å². The quantitative estimate of drug-likeness (QED) is 0.761. The predicted octanol–water partition coefficient (Wildman–Crippen LogP) is 4.16. The summed E-state index contributed by atoms with van der Waals surface area (Å²) in [5, 5.41) is 9.09. The molecule has 1 fully saturated rings. The van der Waals surface area contributed by atoms with Gasteiger partial charge in [-0.25, -0.2) is 0 Å². The lowest BCUT2D eigenvalue weighted by Crippen LogP contribution is -2.48. The fourth-order valence-electron chi connectivity index (χ4n) is 4.13. The molecule has 2 aromatic rings. The van der Waals surface area contributed by atoms with E-state index in [0.717, 1.165) is 45.6 Å². The molecule has 1 saturated heterocycles. The molecule has 144 valence electrons. The van der Waals surface area contributed by atoms with Crippen LogP contribution in [0.25, 0.3) is 0 Å². The van der Waals surface area contributed by atoms with Gasteiger partial charge in [0, 0.05) is 60.1 Å². The Kier molecular flexibility index (Phi) is 6.46. The normalized spacial score (nSPS) is 20.7. The second-order valence-corrected chi connectivity index (χ2v) is 9.25. The summed E-state index contributed by atoms with van der Waals surface area (Å²) in [4.78, 5) is 9.34. The van der Waals surface area contributed by atoms with Crippen molar-refractivity contribution in [1.29, 1.82) is 0 Å². The molecular formula is C22H28N2OS2. The molecule has 27 heavy (non-hydrogen) atoms. The molecule has 0 aromatic heterocycles. The number of rotatable bonds is 5. The number of piperazine rings is 1. The van der Waals surface area contributed by atoms with Gasteiger partial charge in [0.25, 0.3) is 0 Å². The monoisotopic (exact) mass is 400 g/mol. The zero-order chi connectivity index (χ0) is 18.6. The van der Waals surface area contributed by atoms with Gasteiger partial charge in [0.1, 0.15) is 0 Å². The maximum absolute atomic E-state index is 9.09. The van der Waals surface area contributed by atoms with Gasteiger partial charge in [0.2, 0.25) is 0 Å². The zero-order valence-electron chi connectivity index (χ0n) is 15.9. The Morgan fingerprint density at radius 3 is 2.67 bits per heavy atom. The van der Waals surface area contributed by atoms with Crippen LogP contribution in [-0.2, 0) is 6.42 Å². The molecule has 0 saturated carbocycles. The zero-order valence-corrected chi connectivity index (χ0v) is 17.6. The van der Waals surface area contributed by atoms with E-state index < -0.39 is 0 Å². The highest BCUT2D eigenvalue weighted by atomic mass is 32.2. The van der Waals surface area contributed by atoms with Crippen LogP contribution in [0.4, 0.5) is 0 Å². The molecule has 2 aliphatic rings. The number of benzene rings is 2. The number of aliphatic hydroxyl groups is 1. The molecule has 0 bridgehead atoms. The number of fused-ring (bicyclic) bond motifs is 2. The SMILES string of the molecule is CSc1ccc2c(c1)C(N1CCN(CCCO)CC1)Cc1ccccc1S2. The summed E-state index contributed by atoms with van der Waals surface area (Å²) in [6.07, 6.45) is 4.13. The highest BCUT2D eigenvalue weighted by Gasteiger charge is 2.30. The lowest BCUT2D eigenvalue weighted by molar-refractivity contribution is 0.0898. The summed E-state index contributed by atoms with van der Waals surface area (Å²) < 4.78 is 0. The first kappa shape index (κ1) is 19.3. The van der Waals surface area contributed by atoms with Gasteiger partial charge in [-0.3, -0.25) is 4.90 Å². The molecule has 1 N–H and O–H groups in total. The third-order valence-corrected chi connectivity index (χ3v) is 7.60. The minimum Gasteiger partial charge on any atom is -0.396 e. The van der Waals surface area contributed by atoms with Gasteiger partial charge in [-0.05, 0) is 54.5 Å². The first-order valence-corrected chi connectivity index (χ1v) is 11.8. The van der Waals surface area contributed by atoms with Crippen molar-refractivity contribution in [1.82, 2.24) is 9.80 Å². The van der Waals surface area contributed by atoms with Gasteiger partial charge in [-0.2, -0.15) is 0 Å². The van der Waals surface area contributed by atoms with Gasteiger partial charge in [-0.15, -0.1) is 11.8 Å². The summed E-state index contributed by atoms with van der Waals surface area (Å²) >= 11 is 3.76. The summed E-state index contributed by atoms with van der Waals surface area (Å²) in [5.41, 5.74) is 2.96. The Balaban J connectivity index is 1.61. The average molecular weight is 401 g/mol. The van der Waals surface area contributed by atoms with E-state index in [9.17, 15) is 0 Å². The highest BCUT2D eigenvalue weighted by molar-refractivity contribution is 7.99. The van der Waals surface area contributed by atoms with Crippen LogP contribution >= 0.6 is 23.5 Å². The molecule has 0 amide bonds. The van der Waals surface area contributed by atoms with Crippen molar-refractivity contribution in [3.63, 3.8) is 0 Å². The van der Waals surface area contributed by atoms with Crippen LogP contribution in [0.3, 0.4) is 0 Å². The standard InChI is InChI=1S/C22H28N2OS2/c1-26-18-7-8-22-19(16-18)20(15-17-5-2-3-6-21(17)27-22)24-12-10-23(11-13-24)9-4-14-25/h2-3,5-8,16,20,25H,4,9-15H2,1H3. The van der Waals surface area contributed by atoms with E-state index in [1.54, 1.807) is 0 Å². The van der Waals surface area contributed by atoms with E-state index in [2.05, 4.69) is 58.5 Å². The Labute approximate surface area is 171 Å². The first-order valence-electron chi connectivity index (χ1n) is 9.79. The van der Waals surface area contributed by atoms with Crippen molar-refractivity contribution < 1.29 is 5.11 Å². The predicted molar refractivity (Wildman–Crippen MR) is 115 cm³/mol. The van der Waals surface area contributed by atoms with E-state index in [0.29, 0.717) is 12.6 Å². The third-order valence-electron chi connectivity index (χ3n) is 5.66. The van der Waals surface area contributed by atoms with Crippen molar-refractivity contribution in [3.8, 4) is 0 Å². The molecule has 1 unspecified atom stereocenters. The lowest BCUT2D eigenvalue weighted by atomic mass is 9.96. The van der Waals surface area contributed by atoms with E-state index >= 15 is 0 Å². The average Bonchev–Trinajstić information content (AvgIpc) is 2.88. The lowest BCUT2D eigenvalue weighted by Gasteiger charge is -2.39. The van der Waals surface area contributed by atoms with Crippen LogP contribution in [0.1, 0.15) is 23.6 Å². The minimum atomic E-state index is 0.293. The van der Waals surface area contributed by atoms with Crippen molar-refractivity contribution in [3.05, 3.63) is 53.6 Å². The Morgan fingerprint density at radius 1 is 1.07 bits per heavy atom. The fourth-order valence-corrected chi connectivity index (χ4v) is 5.70. The van der Waals surface area contributed by atoms with Crippen molar-refractivity contribution >= 4 is 23.5 Å². The van der Waals surface area contributed by atoms with E-state index in [1.807, 2.05) is 23.5 Å². The summed E-state index contributed by atoms with van der Waals surface area (Å²) in [6.45, 7) is 5.71. The van der Waals surface area contributed by atoms with Crippen LogP contribution in [0.15, 0.2) is 57.2 Å². The number of nitrogens with zero attached hydrogens (tertiary/aromatic N) is 2. The molecule has 0 aliphatic carbocycles. The molecule has 4 rings (SSSR count). The summed E-state index contributed by atoms with van der Waals surface area (Å²) in [5.74, 6) is 0. The maximum Gasteiger partial charge on any atom is 0.0443 e. The first-order chi connectivity index (χ1) is 13.3. The van der Waals surface area contributed by atoms with Gasteiger partial charge >= 0.3 is 0 Å². The molecule has 2 heterocycles. The molecule has 3 nitrogen and oxygen atoms in total. The molecule has 1 atom stereocenters. The van der Waals surface area contributed by atoms with E-state index in [1.165, 1.54) is 25.8 Å². The van der Waals surface area contributed by atoms with Crippen molar-refractivity contribution in [2.45, 2.75) is 33.6 Å². The number of hydrogen-bond donors (Lipinski definition) is 1. The maximum atomic E-state index is 9.09. The van der Waals surface area contributed by atoms with Crippen LogP contribution in [-0.4, -0.2) is 60.5 Å². The third kappa shape index (κ3) is 4.38. The molecule has 0 radical (unpaired) electrons. The van der Waals surface area contributed by atoms with Crippen molar-refractivity contribution in [2.75, 3.05) is 45.6 Å². The smallest absolute Gasteiger partial charge is 0.0443 e. The van der Waals surface area contributed by atoms with Gasteiger partial charge in [0.15, 0.2) is 0 Å². The molecule has 2 aliphatic heterocycles. The van der Waals surface area contributed by atoms with Gasteiger partial charge < -0.3 is 10.0 Å². The summed E-state index contributed by atoms with van der Waals surface area (Å²) in [6, 6.07) is 16.3.